The number of ether oxygens (including phenoxy) is 2. The Labute approximate surface area is 150 Å². The van der Waals surface area contributed by atoms with Crippen LogP contribution in [0.4, 0.5) is 4.39 Å². The third-order valence-corrected chi connectivity index (χ3v) is 6.62. The first-order valence-corrected chi connectivity index (χ1v) is 10.1. The van der Waals surface area contributed by atoms with Crippen molar-refractivity contribution in [2.24, 2.45) is 0 Å². The number of rotatable bonds is 5. The second-order valence-corrected chi connectivity index (χ2v) is 8.31. The molecule has 0 aromatic heterocycles. The Kier molecular flexibility index (Phi) is 5.21. The van der Waals surface area contributed by atoms with Gasteiger partial charge in [0.1, 0.15) is 5.82 Å². The van der Waals surface area contributed by atoms with E-state index >= 15 is 0 Å². The summed E-state index contributed by atoms with van der Waals surface area (Å²) in [5.41, 5.74) is 0.667. The van der Waals surface area contributed by atoms with Crippen molar-refractivity contribution in [3.05, 3.63) is 47.8 Å². The highest BCUT2D eigenvalue weighted by atomic mass is 32.2. The van der Waals surface area contributed by atoms with Crippen molar-refractivity contribution in [3.8, 4) is 11.5 Å². The van der Waals surface area contributed by atoms with Crippen molar-refractivity contribution in [2.45, 2.75) is 22.3 Å². The fraction of sp³-hybridized carbons (Fsp3) is 0.294. The van der Waals surface area contributed by atoms with Gasteiger partial charge in [0.2, 0.25) is 10.0 Å². The first kappa shape index (κ1) is 18.0. The maximum absolute atomic E-state index is 14.0. The average molecular weight is 383 g/mol. The summed E-state index contributed by atoms with van der Waals surface area (Å²) in [6, 6.07) is 8.67. The summed E-state index contributed by atoms with van der Waals surface area (Å²) in [6.45, 7) is 0. The number of halogens is 1. The van der Waals surface area contributed by atoms with E-state index < -0.39 is 16.1 Å². The number of nitrogens with one attached hydrogen (secondary N) is 1. The Morgan fingerprint density at radius 3 is 2.64 bits per heavy atom. The van der Waals surface area contributed by atoms with E-state index in [1.54, 1.807) is 12.1 Å². The van der Waals surface area contributed by atoms with Crippen LogP contribution in [0.3, 0.4) is 0 Å². The van der Waals surface area contributed by atoms with Crippen molar-refractivity contribution in [1.29, 1.82) is 0 Å². The Hall–Kier alpha value is -1.77. The van der Waals surface area contributed by atoms with Gasteiger partial charge in [0, 0.05) is 17.0 Å². The first-order valence-electron chi connectivity index (χ1n) is 7.62. The molecule has 5 nitrogen and oxygen atoms in total. The van der Waals surface area contributed by atoms with Crippen LogP contribution in [-0.2, 0) is 10.0 Å². The number of thioether (sulfide) groups is 1. The zero-order valence-corrected chi connectivity index (χ0v) is 15.4. The topological polar surface area (TPSA) is 64.6 Å². The molecule has 0 unspecified atom stereocenters. The van der Waals surface area contributed by atoms with Crippen molar-refractivity contribution < 1.29 is 22.3 Å². The Balaban J connectivity index is 1.92. The Morgan fingerprint density at radius 1 is 1.16 bits per heavy atom. The van der Waals surface area contributed by atoms with Gasteiger partial charge in [-0.15, -0.1) is 11.8 Å². The fourth-order valence-corrected chi connectivity index (χ4v) is 5.15. The molecule has 1 heterocycles. The van der Waals surface area contributed by atoms with Gasteiger partial charge in [-0.05, 0) is 35.9 Å². The first-order chi connectivity index (χ1) is 12.0. The van der Waals surface area contributed by atoms with Crippen LogP contribution in [0.15, 0.2) is 46.2 Å². The molecule has 1 atom stereocenters. The lowest BCUT2D eigenvalue weighted by molar-refractivity contribution is 0.354. The second-order valence-electron chi connectivity index (χ2n) is 5.49. The minimum absolute atomic E-state index is 0.0707. The molecule has 8 heteroatoms. The average Bonchev–Trinajstić information content (AvgIpc) is 2.61. The monoisotopic (exact) mass is 383 g/mol. The number of benzene rings is 2. The molecule has 2 aromatic rings. The van der Waals surface area contributed by atoms with Gasteiger partial charge in [-0.1, -0.05) is 12.1 Å². The van der Waals surface area contributed by atoms with Gasteiger partial charge in [-0.2, -0.15) is 0 Å². The van der Waals surface area contributed by atoms with Gasteiger partial charge in [0.25, 0.3) is 0 Å². The van der Waals surface area contributed by atoms with Crippen LogP contribution >= 0.6 is 11.8 Å². The Bertz CT molecular complexity index is 886. The molecule has 0 saturated carbocycles. The standard InChI is InChI=1S/C17H18FNO4S2/c1-22-15-7-6-11(10-16(15)23-2)25(20,21)19-14-8-9-24-17-12(14)4-3-5-13(17)18/h3-7,10,14,19H,8-9H2,1-2H3/t14-/m1/s1. The lowest BCUT2D eigenvalue weighted by Gasteiger charge is -2.26. The Morgan fingerprint density at radius 2 is 1.92 bits per heavy atom. The SMILES string of the molecule is COc1ccc(S(=O)(=O)N[C@@H]2CCSc3c(F)cccc32)cc1OC. The van der Waals surface area contributed by atoms with E-state index in [0.717, 1.165) is 0 Å². The van der Waals surface area contributed by atoms with Gasteiger partial charge in [0.15, 0.2) is 11.5 Å². The zero-order chi connectivity index (χ0) is 18.0. The van der Waals surface area contributed by atoms with Gasteiger partial charge in [-0.3, -0.25) is 0 Å². The van der Waals surface area contributed by atoms with Crippen LogP contribution in [-0.4, -0.2) is 28.4 Å². The molecular weight excluding hydrogens is 365 g/mol. The predicted octanol–water partition coefficient (Wildman–Crippen LogP) is 3.36. The maximum atomic E-state index is 14.0. The third-order valence-electron chi connectivity index (χ3n) is 3.99. The van der Waals surface area contributed by atoms with E-state index in [-0.39, 0.29) is 10.7 Å². The molecule has 2 aromatic carbocycles. The van der Waals surface area contributed by atoms with Gasteiger partial charge in [0.05, 0.1) is 19.1 Å². The van der Waals surface area contributed by atoms with Gasteiger partial charge >= 0.3 is 0 Å². The van der Waals surface area contributed by atoms with Crippen molar-refractivity contribution in [3.63, 3.8) is 0 Å². The van der Waals surface area contributed by atoms with Gasteiger partial charge in [-0.25, -0.2) is 17.5 Å². The highest BCUT2D eigenvalue weighted by Gasteiger charge is 2.28. The molecule has 1 aliphatic rings. The van der Waals surface area contributed by atoms with Crippen LogP contribution in [0.1, 0.15) is 18.0 Å². The largest absolute Gasteiger partial charge is 0.493 e. The van der Waals surface area contributed by atoms with E-state index in [1.807, 2.05) is 0 Å². The minimum Gasteiger partial charge on any atom is -0.493 e. The smallest absolute Gasteiger partial charge is 0.241 e. The molecule has 25 heavy (non-hydrogen) atoms. The normalized spacial score (nSPS) is 17.0. The quantitative estimate of drug-likeness (QED) is 0.858. The van der Waals surface area contributed by atoms with E-state index in [2.05, 4.69) is 4.72 Å². The zero-order valence-electron chi connectivity index (χ0n) is 13.8. The molecule has 0 fully saturated rings. The van der Waals surface area contributed by atoms with Crippen LogP contribution < -0.4 is 14.2 Å². The predicted molar refractivity (Wildman–Crippen MR) is 94.3 cm³/mol. The van der Waals surface area contributed by atoms with Crippen LogP contribution in [0.2, 0.25) is 0 Å². The number of sulfonamides is 1. The molecule has 0 saturated heterocycles. The van der Waals surface area contributed by atoms with Crippen LogP contribution in [0.5, 0.6) is 11.5 Å². The lowest BCUT2D eigenvalue weighted by Crippen LogP contribution is -2.31. The number of methoxy groups -OCH3 is 2. The summed E-state index contributed by atoms with van der Waals surface area (Å²) in [7, 11) is -0.865. The second kappa shape index (κ2) is 7.23. The summed E-state index contributed by atoms with van der Waals surface area (Å²) in [5.74, 6) is 1.10. The van der Waals surface area contributed by atoms with E-state index in [9.17, 15) is 12.8 Å². The summed E-state index contributed by atoms with van der Waals surface area (Å²) in [5, 5.41) is 0. The summed E-state index contributed by atoms with van der Waals surface area (Å²) < 4.78 is 52.4. The van der Waals surface area contributed by atoms with Crippen molar-refractivity contribution in [1.82, 2.24) is 4.72 Å². The van der Waals surface area contributed by atoms with Crippen LogP contribution in [0.25, 0.3) is 0 Å². The van der Waals surface area contributed by atoms with Crippen molar-refractivity contribution >= 4 is 21.8 Å². The third kappa shape index (κ3) is 3.61. The molecule has 134 valence electrons. The molecular formula is C17H18FNO4S2. The molecule has 3 rings (SSSR count). The molecule has 1 N–H and O–H groups in total. The molecule has 0 aliphatic carbocycles. The van der Waals surface area contributed by atoms with E-state index in [0.29, 0.717) is 34.1 Å². The molecule has 0 amide bonds. The van der Waals surface area contributed by atoms with E-state index in [1.165, 1.54) is 50.2 Å². The molecule has 0 radical (unpaired) electrons. The number of hydrogen-bond acceptors (Lipinski definition) is 5. The molecule has 0 spiro atoms. The minimum atomic E-state index is -3.79. The van der Waals surface area contributed by atoms with Gasteiger partial charge < -0.3 is 9.47 Å². The maximum Gasteiger partial charge on any atom is 0.241 e. The van der Waals surface area contributed by atoms with E-state index in [4.69, 9.17) is 9.47 Å². The lowest BCUT2D eigenvalue weighted by atomic mass is 10.0. The summed E-state index contributed by atoms with van der Waals surface area (Å²) >= 11 is 1.41. The number of fused-ring (bicyclic) bond motifs is 1. The van der Waals surface area contributed by atoms with Crippen LogP contribution in [0, 0.1) is 5.82 Å². The summed E-state index contributed by atoms with van der Waals surface area (Å²) in [4.78, 5) is 0.579. The number of hydrogen-bond donors (Lipinski definition) is 1. The van der Waals surface area contributed by atoms with Crippen molar-refractivity contribution in [2.75, 3.05) is 20.0 Å². The molecule has 0 bridgehead atoms. The summed E-state index contributed by atoms with van der Waals surface area (Å²) in [6.07, 6.45) is 0.591. The highest BCUT2D eigenvalue weighted by Crippen LogP contribution is 2.38. The molecule has 1 aliphatic heterocycles. The fourth-order valence-electron chi connectivity index (χ4n) is 2.75. The highest BCUT2D eigenvalue weighted by molar-refractivity contribution is 7.99.